The van der Waals surface area contributed by atoms with Gasteiger partial charge in [-0.3, -0.25) is 13.8 Å². The van der Waals surface area contributed by atoms with Gasteiger partial charge in [-0.2, -0.15) is 0 Å². The molecule has 0 bridgehead atoms. The highest BCUT2D eigenvalue weighted by atomic mass is 35.5. The number of hydrogen-bond donors (Lipinski definition) is 2. The second kappa shape index (κ2) is 9.34. The zero-order valence-corrected chi connectivity index (χ0v) is 15.3. The van der Waals surface area contributed by atoms with E-state index in [0.29, 0.717) is 35.0 Å². The minimum atomic E-state index is -0.957. The molecule has 1 unspecified atom stereocenters. The Kier molecular flexibility index (Phi) is 7.16. The molecule has 2 amide bonds. The topological polar surface area (TPSA) is 75.3 Å². The van der Waals surface area contributed by atoms with Gasteiger partial charge in [0.05, 0.1) is 0 Å². The predicted molar refractivity (Wildman–Crippen MR) is 100 cm³/mol. The quantitative estimate of drug-likeness (QED) is 0.726. The number of benzene rings is 2. The molecule has 0 aliphatic rings. The van der Waals surface area contributed by atoms with E-state index in [4.69, 9.17) is 11.6 Å². The summed E-state index contributed by atoms with van der Waals surface area (Å²) in [6.07, 6.45) is 1.62. The van der Waals surface area contributed by atoms with Crippen molar-refractivity contribution in [3.63, 3.8) is 0 Å². The average Bonchev–Trinajstić information content (AvgIpc) is 2.58. The number of carbonyl (C=O) groups is 2. The van der Waals surface area contributed by atoms with Crippen LogP contribution in [0.5, 0.6) is 0 Å². The molecule has 0 heterocycles. The zero-order valence-electron chi connectivity index (χ0n) is 13.8. The van der Waals surface area contributed by atoms with E-state index in [1.807, 2.05) is 6.07 Å². The largest absolute Gasteiger partial charge is 0.350 e. The van der Waals surface area contributed by atoms with Crippen molar-refractivity contribution in [2.45, 2.75) is 5.75 Å². The lowest BCUT2D eigenvalue weighted by atomic mass is 10.1. The van der Waals surface area contributed by atoms with E-state index in [0.717, 1.165) is 5.56 Å². The van der Waals surface area contributed by atoms with Gasteiger partial charge in [-0.05, 0) is 42.0 Å². The fourth-order valence-corrected chi connectivity index (χ4v) is 2.97. The van der Waals surface area contributed by atoms with E-state index < -0.39 is 10.8 Å². The van der Waals surface area contributed by atoms with Gasteiger partial charge in [0, 0.05) is 52.0 Å². The van der Waals surface area contributed by atoms with Gasteiger partial charge in [0.15, 0.2) is 0 Å². The fraction of sp³-hybridized carbons (Fsp3) is 0.222. The van der Waals surface area contributed by atoms with Crippen LogP contribution in [0.1, 0.15) is 26.3 Å². The smallest absolute Gasteiger partial charge is 0.251 e. The summed E-state index contributed by atoms with van der Waals surface area (Å²) in [5, 5.41) is 6.04. The molecule has 0 aliphatic heterocycles. The Hall–Kier alpha value is -2.18. The van der Waals surface area contributed by atoms with Crippen molar-refractivity contribution < 1.29 is 13.8 Å². The molecule has 1 atom stereocenters. The van der Waals surface area contributed by atoms with Crippen molar-refractivity contribution in [2.24, 2.45) is 0 Å². The summed E-state index contributed by atoms with van der Waals surface area (Å²) < 4.78 is 11.3. The molecule has 25 heavy (non-hydrogen) atoms. The molecular weight excluding hydrogens is 360 g/mol. The van der Waals surface area contributed by atoms with E-state index in [1.165, 1.54) is 0 Å². The minimum Gasteiger partial charge on any atom is -0.350 e. The van der Waals surface area contributed by atoms with Crippen LogP contribution in [0.2, 0.25) is 5.02 Å². The molecule has 2 rings (SSSR count). The van der Waals surface area contributed by atoms with E-state index in [2.05, 4.69) is 10.6 Å². The van der Waals surface area contributed by atoms with Gasteiger partial charge in [0.2, 0.25) is 0 Å². The van der Waals surface area contributed by atoms with Gasteiger partial charge in [0.25, 0.3) is 11.8 Å². The summed E-state index contributed by atoms with van der Waals surface area (Å²) >= 11 is 5.78. The molecule has 0 spiro atoms. The molecule has 0 radical (unpaired) electrons. The van der Waals surface area contributed by atoms with Crippen LogP contribution in [-0.4, -0.2) is 35.4 Å². The number of amides is 2. The molecule has 2 aromatic rings. The van der Waals surface area contributed by atoms with Crippen molar-refractivity contribution in [1.82, 2.24) is 10.6 Å². The molecule has 132 valence electrons. The lowest BCUT2D eigenvalue weighted by Crippen LogP contribution is -2.34. The van der Waals surface area contributed by atoms with Crippen molar-refractivity contribution in [3.05, 3.63) is 70.2 Å². The number of carbonyl (C=O) groups excluding carboxylic acids is 2. The first-order valence-corrected chi connectivity index (χ1v) is 9.77. The Labute approximate surface area is 154 Å². The molecule has 2 N–H and O–H groups in total. The molecule has 0 saturated heterocycles. The highest BCUT2D eigenvalue weighted by Gasteiger charge is 2.08. The first-order valence-electron chi connectivity index (χ1n) is 7.66. The highest BCUT2D eigenvalue weighted by molar-refractivity contribution is 7.83. The van der Waals surface area contributed by atoms with Crippen LogP contribution in [0.25, 0.3) is 0 Å². The van der Waals surface area contributed by atoms with Crippen LogP contribution in [0.3, 0.4) is 0 Å². The van der Waals surface area contributed by atoms with Crippen LogP contribution in [-0.2, 0) is 16.6 Å². The van der Waals surface area contributed by atoms with Gasteiger partial charge in [-0.1, -0.05) is 23.7 Å². The Balaban J connectivity index is 1.79. The Morgan fingerprint density at radius 3 is 2.16 bits per heavy atom. The third-order valence-corrected chi connectivity index (χ3v) is 4.35. The summed E-state index contributed by atoms with van der Waals surface area (Å²) in [6.45, 7) is 0.619. The summed E-state index contributed by atoms with van der Waals surface area (Å²) in [4.78, 5) is 24.0. The molecular formula is C18H19ClN2O3S. The van der Waals surface area contributed by atoms with Gasteiger partial charge >= 0.3 is 0 Å². The van der Waals surface area contributed by atoms with Gasteiger partial charge in [-0.25, -0.2) is 0 Å². The van der Waals surface area contributed by atoms with Crippen LogP contribution in [0, 0.1) is 0 Å². The summed E-state index contributed by atoms with van der Waals surface area (Å²) in [5.74, 6) is -0.0408. The first-order chi connectivity index (χ1) is 12.0. The van der Waals surface area contributed by atoms with Gasteiger partial charge in [-0.15, -0.1) is 0 Å². The molecule has 0 saturated carbocycles. The van der Waals surface area contributed by atoms with E-state index in [-0.39, 0.29) is 11.8 Å². The predicted octanol–water partition coefficient (Wildman–Crippen LogP) is 2.38. The molecule has 0 aromatic heterocycles. The maximum absolute atomic E-state index is 12.1. The van der Waals surface area contributed by atoms with Crippen molar-refractivity contribution in [1.29, 1.82) is 0 Å². The third-order valence-electron chi connectivity index (χ3n) is 3.36. The Bertz CT molecular complexity index is 778. The van der Waals surface area contributed by atoms with Crippen LogP contribution >= 0.6 is 11.6 Å². The van der Waals surface area contributed by atoms with Crippen molar-refractivity contribution in [3.8, 4) is 0 Å². The van der Waals surface area contributed by atoms with E-state index >= 15 is 0 Å². The van der Waals surface area contributed by atoms with E-state index in [1.54, 1.807) is 48.7 Å². The summed E-state index contributed by atoms with van der Waals surface area (Å²) in [7, 11) is -0.957. The molecule has 5 nitrogen and oxygen atoms in total. The normalized spacial score (nSPS) is 11.6. The summed E-state index contributed by atoms with van der Waals surface area (Å²) in [5.41, 5.74) is 1.87. The maximum Gasteiger partial charge on any atom is 0.251 e. The first kappa shape index (κ1) is 19.1. The van der Waals surface area contributed by atoms with Crippen molar-refractivity contribution in [2.75, 3.05) is 19.3 Å². The molecule has 2 aromatic carbocycles. The highest BCUT2D eigenvalue weighted by Crippen LogP contribution is 2.09. The van der Waals surface area contributed by atoms with E-state index in [9.17, 15) is 13.8 Å². The molecule has 0 fully saturated rings. The average molecular weight is 379 g/mol. The third kappa shape index (κ3) is 6.32. The second-order valence-corrected chi connectivity index (χ2v) is 7.31. The standard InChI is InChI=1S/C18H19ClN2O3S/c1-25(24)12-13-3-2-4-15(11-13)18(23)21-10-9-20-17(22)14-5-7-16(19)8-6-14/h2-8,11H,9-10,12H2,1H3,(H,20,22)(H,21,23). The van der Waals surface area contributed by atoms with Gasteiger partial charge < -0.3 is 10.6 Å². The Morgan fingerprint density at radius 1 is 0.960 bits per heavy atom. The fourth-order valence-electron chi connectivity index (χ4n) is 2.19. The lowest BCUT2D eigenvalue weighted by Gasteiger charge is -2.08. The minimum absolute atomic E-state index is 0.224. The second-order valence-electron chi connectivity index (χ2n) is 5.44. The monoisotopic (exact) mass is 378 g/mol. The Morgan fingerprint density at radius 2 is 1.56 bits per heavy atom. The molecule has 7 heteroatoms. The number of hydrogen-bond acceptors (Lipinski definition) is 3. The molecule has 0 aliphatic carbocycles. The van der Waals surface area contributed by atoms with Crippen LogP contribution in [0.15, 0.2) is 48.5 Å². The SMILES string of the molecule is CS(=O)Cc1cccc(C(=O)NCCNC(=O)c2ccc(Cl)cc2)c1. The van der Waals surface area contributed by atoms with Crippen LogP contribution < -0.4 is 10.6 Å². The maximum atomic E-state index is 12.1. The number of rotatable bonds is 7. The number of halogens is 1. The zero-order chi connectivity index (χ0) is 18.2. The lowest BCUT2D eigenvalue weighted by molar-refractivity contribution is 0.0927. The summed E-state index contributed by atoms with van der Waals surface area (Å²) in [6, 6.07) is 13.6. The van der Waals surface area contributed by atoms with Gasteiger partial charge in [0.1, 0.15) is 0 Å². The van der Waals surface area contributed by atoms with Crippen molar-refractivity contribution >= 4 is 34.2 Å². The number of nitrogens with one attached hydrogen (secondary N) is 2. The van der Waals surface area contributed by atoms with Crippen LogP contribution in [0.4, 0.5) is 0 Å².